The van der Waals surface area contributed by atoms with Crippen molar-refractivity contribution in [3.63, 3.8) is 0 Å². The van der Waals surface area contributed by atoms with Crippen molar-refractivity contribution in [2.45, 2.75) is 51.3 Å². The highest BCUT2D eigenvalue weighted by Crippen LogP contribution is 2.53. The first kappa shape index (κ1) is 15.1. The highest BCUT2D eigenvalue weighted by molar-refractivity contribution is 5.42. The van der Waals surface area contributed by atoms with Crippen LogP contribution in [0.2, 0.25) is 0 Å². The summed E-state index contributed by atoms with van der Waals surface area (Å²) < 4.78 is 11.4. The minimum absolute atomic E-state index is 0.130. The first-order valence-electron chi connectivity index (χ1n) is 8.70. The summed E-state index contributed by atoms with van der Waals surface area (Å²) in [5.41, 5.74) is 0.130. The predicted molar refractivity (Wildman–Crippen MR) is 88.5 cm³/mol. The molecule has 1 aliphatic carbocycles. The van der Waals surface area contributed by atoms with E-state index in [1.54, 1.807) is 0 Å². The molecule has 0 amide bonds. The number of aromatic nitrogens is 2. The van der Waals surface area contributed by atoms with Crippen molar-refractivity contribution in [1.29, 1.82) is 0 Å². The maximum atomic E-state index is 5.85. The molecule has 1 aromatic heterocycles. The van der Waals surface area contributed by atoms with Gasteiger partial charge in [0, 0.05) is 36.8 Å². The lowest BCUT2D eigenvalue weighted by Crippen LogP contribution is -2.63. The molecule has 1 saturated carbocycles. The number of anilines is 2. The van der Waals surface area contributed by atoms with Crippen molar-refractivity contribution >= 4 is 11.8 Å². The molecule has 23 heavy (non-hydrogen) atoms. The summed E-state index contributed by atoms with van der Waals surface area (Å²) in [5.74, 6) is 2.15. The SMILES string of the molecule is CC1(C)[C@H](Nc2nccc(N[C@@H]3CCCOC3)n2)[C@@H]2CCO[C@H]21. The van der Waals surface area contributed by atoms with Gasteiger partial charge in [-0.15, -0.1) is 0 Å². The minimum atomic E-state index is 0.130. The Labute approximate surface area is 137 Å². The highest BCUT2D eigenvalue weighted by atomic mass is 16.5. The molecule has 6 nitrogen and oxygen atoms in total. The molecular weight excluding hydrogens is 292 g/mol. The van der Waals surface area contributed by atoms with Gasteiger partial charge in [-0.2, -0.15) is 4.98 Å². The number of rotatable bonds is 4. The molecule has 2 aliphatic heterocycles. The van der Waals surface area contributed by atoms with Gasteiger partial charge in [0.15, 0.2) is 0 Å². The van der Waals surface area contributed by atoms with E-state index in [0.29, 0.717) is 30.1 Å². The minimum Gasteiger partial charge on any atom is -0.379 e. The Morgan fingerprint density at radius 1 is 1.22 bits per heavy atom. The van der Waals surface area contributed by atoms with Crippen molar-refractivity contribution in [2.24, 2.45) is 11.3 Å². The number of ether oxygens (including phenoxy) is 2. The molecule has 0 radical (unpaired) electrons. The summed E-state index contributed by atoms with van der Waals surface area (Å²) >= 11 is 0. The highest BCUT2D eigenvalue weighted by Gasteiger charge is 2.59. The van der Waals surface area contributed by atoms with Gasteiger partial charge >= 0.3 is 0 Å². The predicted octanol–water partition coefficient (Wildman–Crippen LogP) is 2.29. The van der Waals surface area contributed by atoms with Crippen molar-refractivity contribution in [1.82, 2.24) is 9.97 Å². The van der Waals surface area contributed by atoms with E-state index in [2.05, 4.69) is 34.4 Å². The largest absolute Gasteiger partial charge is 0.379 e. The molecule has 4 atom stereocenters. The molecule has 0 unspecified atom stereocenters. The lowest BCUT2D eigenvalue weighted by Gasteiger charge is -2.54. The van der Waals surface area contributed by atoms with E-state index in [4.69, 9.17) is 9.47 Å². The number of nitrogens with zero attached hydrogens (tertiary/aromatic N) is 2. The Bertz CT molecular complexity index is 559. The summed E-state index contributed by atoms with van der Waals surface area (Å²) in [7, 11) is 0. The van der Waals surface area contributed by atoms with E-state index in [0.717, 1.165) is 44.9 Å². The fraction of sp³-hybridized carbons (Fsp3) is 0.765. The van der Waals surface area contributed by atoms with Gasteiger partial charge in [-0.1, -0.05) is 13.8 Å². The average molecular weight is 318 g/mol. The topological polar surface area (TPSA) is 68.3 Å². The Hall–Kier alpha value is -1.40. The van der Waals surface area contributed by atoms with E-state index in [-0.39, 0.29) is 5.41 Å². The zero-order valence-corrected chi connectivity index (χ0v) is 13.9. The molecule has 1 aromatic rings. The maximum Gasteiger partial charge on any atom is 0.224 e. The van der Waals surface area contributed by atoms with Crippen molar-refractivity contribution in [3.05, 3.63) is 12.3 Å². The molecule has 2 saturated heterocycles. The summed E-state index contributed by atoms with van der Waals surface area (Å²) in [5, 5.41) is 7.00. The molecule has 0 bridgehead atoms. The van der Waals surface area contributed by atoms with Gasteiger partial charge in [0.2, 0.25) is 5.95 Å². The third-order valence-corrected chi connectivity index (χ3v) is 5.55. The van der Waals surface area contributed by atoms with E-state index in [9.17, 15) is 0 Å². The van der Waals surface area contributed by atoms with Crippen molar-refractivity contribution in [3.8, 4) is 0 Å². The van der Waals surface area contributed by atoms with E-state index < -0.39 is 0 Å². The molecule has 0 spiro atoms. The van der Waals surface area contributed by atoms with Crippen LogP contribution in [0.15, 0.2) is 12.3 Å². The molecule has 2 N–H and O–H groups in total. The second-order valence-corrected chi connectivity index (χ2v) is 7.51. The lowest BCUT2D eigenvalue weighted by atomic mass is 9.57. The first-order valence-corrected chi connectivity index (χ1v) is 8.70. The van der Waals surface area contributed by atoms with E-state index >= 15 is 0 Å². The zero-order chi connectivity index (χ0) is 15.9. The number of fused-ring (bicyclic) bond motifs is 1. The third kappa shape index (κ3) is 2.78. The van der Waals surface area contributed by atoms with Gasteiger partial charge in [0.25, 0.3) is 0 Å². The molecule has 3 fully saturated rings. The van der Waals surface area contributed by atoms with Gasteiger partial charge in [0.1, 0.15) is 5.82 Å². The monoisotopic (exact) mass is 318 g/mol. The molecule has 0 aromatic carbocycles. The Morgan fingerprint density at radius 3 is 2.96 bits per heavy atom. The second kappa shape index (κ2) is 5.91. The molecule has 3 heterocycles. The molecule has 4 rings (SSSR count). The zero-order valence-electron chi connectivity index (χ0n) is 13.9. The van der Waals surface area contributed by atoms with Crippen LogP contribution in [0.4, 0.5) is 11.8 Å². The molecular formula is C17H26N4O2. The van der Waals surface area contributed by atoms with Crippen LogP contribution in [0, 0.1) is 11.3 Å². The van der Waals surface area contributed by atoms with Crippen LogP contribution in [-0.2, 0) is 9.47 Å². The van der Waals surface area contributed by atoms with E-state index in [1.165, 1.54) is 0 Å². The maximum absolute atomic E-state index is 5.85. The van der Waals surface area contributed by atoms with Crippen molar-refractivity contribution in [2.75, 3.05) is 30.5 Å². The average Bonchev–Trinajstić information content (AvgIpc) is 3.01. The van der Waals surface area contributed by atoms with Crippen LogP contribution in [0.25, 0.3) is 0 Å². The Kier molecular flexibility index (Phi) is 3.89. The normalized spacial score (nSPS) is 35.2. The Balaban J connectivity index is 1.42. The fourth-order valence-electron chi connectivity index (χ4n) is 4.33. The lowest BCUT2D eigenvalue weighted by molar-refractivity contribution is -0.0925. The quantitative estimate of drug-likeness (QED) is 0.888. The van der Waals surface area contributed by atoms with Crippen LogP contribution < -0.4 is 10.6 Å². The van der Waals surface area contributed by atoms with Crippen LogP contribution in [0.3, 0.4) is 0 Å². The van der Waals surface area contributed by atoms with E-state index in [1.807, 2.05) is 12.3 Å². The first-order chi connectivity index (χ1) is 11.1. The van der Waals surface area contributed by atoms with Crippen LogP contribution in [0.1, 0.15) is 33.1 Å². The van der Waals surface area contributed by atoms with Gasteiger partial charge in [0.05, 0.1) is 18.8 Å². The summed E-state index contributed by atoms with van der Waals surface area (Å²) in [6.07, 6.45) is 5.55. The Morgan fingerprint density at radius 2 is 2.13 bits per heavy atom. The van der Waals surface area contributed by atoms with Crippen LogP contribution in [0.5, 0.6) is 0 Å². The summed E-state index contributed by atoms with van der Waals surface area (Å²) in [6.45, 7) is 7.03. The smallest absolute Gasteiger partial charge is 0.224 e. The fourth-order valence-corrected chi connectivity index (χ4v) is 4.33. The summed E-state index contributed by atoms with van der Waals surface area (Å²) in [4.78, 5) is 9.04. The van der Waals surface area contributed by atoms with Gasteiger partial charge in [-0.3, -0.25) is 0 Å². The number of hydrogen-bond donors (Lipinski definition) is 2. The number of nitrogens with one attached hydrogen (secondary N) is 2. The second-order valence-electron chi connectivity index (χ2n) is 7.51. The standard InChI is InChI=1S/C17H26N4O2/c1-17(2)14(12-6-9-23-15(12)17)21-16-18-7-5-13(20-16)19-11-4-3-8-22-10-11/h5,7,11-12,14-15H,3-4,6,8-10H2,1-2H3,(H2,18,19,20,21)/t11-,12+,14-,15-/m1/s1. The summed E-state index contributed by atoms with van der Waals surface area (Å²) in [6, 6.07) is 2.65. The molecule has 6 heteroatoms. The van der Waals surface area contributed by atoms with Crippen molar-refractivity contribution < 1.29 is 9.47 Å². The number of hydrogen-bond acceptors (Lipinski definition) is 6. The van der Waals surface area contributed by atoms with Gasteiger partial charge < -0.3 is 20.1 Å². The van der Waals surface area contributed by atoms with Gasteiger partial charge in [-0.25, -0.2) is 4.98 Å². The van der Waals surface area contributed by atoms with Crippen LogP contribution >= 0.6 is 0 Å². The molecule has 126 valence electrons. The third-order valence-electron chi connectivity index (χ3n) is 5.55. The van der Waals surface area contributed by atoms with Gasteiger partial charge in [-0.05, 0) is 25.3 Å². The van der Waals surface area contributed by atoms with Crippen LogP contribution in [-0.4, -0.2) is 48.0 Å². The molecule has 3 aliphatic rings.